The van der Waals surface area contributed by atoms with E-state index < -0.39 is 60.6 Å². The number of piperazine rings is 1. The molecule has 0 bridgehead atoms. The van der Waals surface area contributed by atoms with E-state index in [9.17, 15) is 56.3 Å². The number of likely N-dealkylation sites (N-methyl/N-ethyl adjacent to an activating group) is 1. The number of hydrogen-bond acceptors (Lipinski definition) is 5. The molecule has 0 atom stereocenters. The third-order valence-corrected chi connectivity index (χ3v) is 6.83. The molecule has 0 aliphatic carbocycles. The van der Waals surface area contributed by atoms with Gasteiger partial charge in [0.05, 0.1) is 0 Å². The van der Waals surface area contributed by atoms with Gasteiger partial charge in [0.1, 0.15) is 0 Å². The van der Waals surface area contributed by atoms with Crippen molar-refractivity contribution in [2.75, 3.05) is 33.2 Å². The lowest BCUT2D eigenvalue weighted by molar-refractivity contribution is -0.246. The highest BCUT2D eigenvalue weighted by Crippen LogP contribution is 2.51. The SMILES string of the molecule is CN1CCN(S(=O)(=O)C(F)(F)C(F)(F)C(F)(F)S(=O)(=O)NC(F)(F)F)CC1. The van der Waals surface area contributed by atoms with Gasteiger partial charge in [-0.3, -0.25) is 0 Å². The largest absolute Gasteiger partial charge is 0.470 e. The predicted octanol–water partition coefficient (Wildman–Crippen LogP) is 0.824. The van der Waals surface area contributed by atoms with Gasteiger partial charge in [0, 0.05) is 26.2 Å². The summed E-state index contributed by atoms with van der Waals surface area (Å²) in [6.07, 6.45) is -6.20. The van der Waals surface area contributed by atoms with Crippen LogP contribution in [-0.2, 0) is 20.0 Å². The van der Waals surface area contributed by atoms with E-state index in [4.69, 9.17) is 0 Å². The first-order valence-corrected chi connectivity index (χ1v) is 9.55. The Labute approximate surface area is 147 Å². The summed E-state index contributed by atoms with van der Waals surface area (Å²) in [5, 5.41) is -13.9. The van der Waals surface area contributed by atoms with Gasteiger partial charge < -0.3 is 4.90 Å². The Morgan fingerprint density at radius 3 is 1.52 bits per heavy atom. The van der Waals surface area contributed by atoms with Crippen molar-refractivity contribution in [3.05, 3.63) is 0 Å². The van der Waals surface area contributed by atoms with Crippen molar-refractivity contribution in [2.24, 2.45) is 0 Å². The number of sulfonamides is 2. The molecule has 0 radical (unpaired) electrons. The second kappa shape index (κ2) is 6.89. The average molecular weight is 461 g/mol. The summed E-state index contributed by atoms with van der Waals surface area (Å²) >= 11 is 0. The van der Waals surface area contributed by atoms with Crippen LogP contribution in [0.15, 0.2) is 0 Å². The van der Waals surface area contributed by atoms with E-state index >= 15 is 0 Å². The van der Waals surface area contributed by atoms with Crippen LogP contribution >= 0.6 is 0 Å². The summed E-state index contributed by atoms with van der Waals surface area (Å²) in [5.41, 5.74) is 0. The summed E-state index contributed by atoms with van der Waals surface area (Å²) in [4.78, 5) is 1.38. The fourth-order valence-corrected chi connectivity index (χ4v) is 4.29. The summed E-state index contributed by atoms with van der Waals surface area (Å²) in [6.45, 7) is -2.12. The molecule has 1 rings (SSSR count). The minimum Gasteiger partial charge on any atom is -0.304 e. The summed E-state index contributed by atoms with van der Waals surface area (Å²) in [5.74, 6) is -7.24. The minimum absolute atomic E-state index is 0.245. The Bertz CT molecular complexity index is 758. The lowest BCUT2D eigenvalue weighted by atomic mass is 10.3. The van der Waals surface area contributed by atoms with Crippen LogP contribution in [0.5, 0.6) is 0 Å². The van der Waals surface area contributed by atoms with E-state index in [0.717, 1.165) is 0 Å². The molecule has 0 aromatic carbocycles. The molecule has 0 amide bonds. The lowest BCUT2D eigenvalue weighted by Crippen LogP contribution is -2.66. The zero-order chi connectivity index (χ0) is 21.7. The number of nitrogens with one attached hydrogen (secondary N) is 1. The van der Waals surface area contributed by atoms with Gasteiger partial charge in [0.15, 0.2) is 0 Å². The first-order valence-electron chi connectivity index (χ1n) is 6.62. The van der Waals surface area contributed by atoms with E-state index in [-0.39, 0.29) is 17.4 Å². The molecule has 1 aliphatic rings. The van der Waals surface area contributed by atoms with Crippen molar-refractivity contribution in [3.63, 3.8) is 0 Å². The van der Waals surface area contributed by atoms with E-state index in [1.54, 1.807) is 0 Å². The highest BCUT2D eigenvalue weighted by molar-refractivity contribution is 7.91. The quantitative estimate of drug-likeness (QED) is 0.468. The van der Waals surface area contributed by atoms with E-state index in [0.29, 0.717) is 0 Å². The van der Waals surface area contributed by atoms with Crippen LogP contribution in [0.25, 0.3) is 0 Å². The molecule has 0 saturated carbocycles. The van der Waals surface area contributed by atoms with E-state index in [2.05, 4.69) is 0 Å². The van der Waals surface area contributed by atoms with Gasteiger partial charge in [-0.25, -0.2) is 16.8 Å². The van der Waals surface area contributed by atoms with Gasteiger partial charge in [0.2, 0.25) is 0 Å². The van der Waals surface area contributed by atoms with Gasteiger partial charge >= 0.3 is 22.7 Å². The summed E-state index contributed by atoms with van der Waals surface area (Å²) < 4.78 is 162. The number of alkyl halides is 9. The molecule has 0 unspecified atom stereocenters. The molecule has 1 aliphatic heterocycles. The molecular weight excluding hydrogens is 449 g/mol. The van der Waals surface area contributed by atoms with Gasteiger partial charge in [0.25, 0.3) is 20.0 Å². The Balaban J connectivity index is 3.37. The second-order valence-electron chi connectivity index (χ2n) is 5.42. The number of halogens is 9. The van der Waals surface area contributed by atoms with Crippen molar-refractivity contribution >= 4 is 20.0 Å². The molecule has 162 valence electrons. The van der Waals surface area contributed by atoms with Crippen molar-refractivity contribution in [2.45, 2.75) is 22.7 Å². The smallest absolute Gasteiger partial charge is 0.304 e. The average Bonchev–Trinajstić information content (AvgIpc) is 2.44. The fraction of sp³-hybridized carbons (Fsp3) is 1.00. The zero-order valence-electron chi connectivity index (χ0n) is 13.1. The first kappa shape index (κ1) is 24.2. The van der Waals surface area contributed by atoms with E-state index in [1.807, 2.05) is 0 Å². The standard InChI is InChI=1S/C9H12F9N3O4S2/c1-20-2-4-21(5-3-20)27(24,25)8(14,15)6(10,11)7(12,13)26(22,23)19-9(16,17)18/h19H,2-5H2,1H3. The molecule has 0 aromatic heterocycles. The predicted molar refractivity (Wildman–Crippen MR) is 70.9 cm³/mol. The monoisotopic (exact) mass is 461 g/mol. The maximum atomic E-state index is 13.9. The Kier molecular flexibility index (Phi) is 6.17. The molecular formula is C9H12F9N3O4S2. The van der Waals surface area contributed by atoms with Crippen molar-refractivity contribution < 1.29 is 56.3 Å². The van der Waals surface area contributed by atoms with Crippen LogP contribution in [-0.4, -0.2) is 82.0 Å². The Morgan fingerprint density at radius 2 is 1.15 bits per heavy atom. The highest BCUT2D eigenvalue weighted by Gasteiger charge is 2.83. The van der Waals surface area contributed by atoms with Crippen LogP contribution in [0.4, 0.5) is 39.5 Å². The molecule has 27 heavy (non-hydrogen) atoms. The number of nitrogens with zero attached hydrogens (tertiary/aromatic N) is 2. The lowest BCUT2D eigenvalue weighted by Gasteiger charge is -2.37. The maximum absolute atomic E-state index is 13.9. The third kappa shape index (κ3) is 4.13. The molecule has 1 heterocycles. The Morgan fingerprint density at radius 1 is 0.741 bits per heavy atom. The van der Waals surface area contributed by atoms with Gasteiger partial charge in [-0.2, -0.15) is 43.8 Å². The molecule has 0 spiro atoms. The second-order valence-corrected chi connectivity index (χ2v) is 9.12. The van der Waals surface area contributed by atoms with Crippen LogP contribution in [0, 0.1) is 0 Å². The van der Waals surface area contributed by atoms with Gasteiger partial charge in [-0.1, -0.05) is 0 Å². The molecule has 1 saturated heterocycles. The van der Waals surface area contributed by atoms with Crippen LogP contribution in [0.1, 0.15) is 0 Å². The van der Waals surface area contributed by atoms with Gasteiger partial charge in [-0.05, 0) is 7.05 Å². The van der Waals surface area contributed by atoms with Crippen LogP contribution in [0.3, 0.4) is 0 Å². The minimum atomic E-state index is -7.49. The fourth-order valence-electron chi connectivity index (χ4n) is 1.91. The third-order valence-electron chi connectivity index (χ3n) is 3.44. The van der Waals surface area contributed by atoms with Crippen LogP contribution < -0.4 is 4.72 Å². The normalized spacial score (nSPS) is 20.1. The highest BCUT2D eigenvalue weighted by atomic mass is 32.2. The van der Waals surface area contributed by atoms with E-state index in [1.165, 1.54) is 11.9 Å². The zero-order valence-corrected chi connectivity index (χ0v) is 14.7. The molecule has 7 nitrogen and oxygen atoms in total. The van der Waals surface area contributed by atoms with Crippen LogP contribution in [0.2, 0.25) is 0 Å². The maximum Gasteiger partial charge on any atom is 0.470 e. The first-order chi connectivity index (χ1) is 11.7. The summed E-state index contributed by atoms with van der Waals surface area (Å²) in [7, 11) is -12.6. The number of rotatable bonds is 6. The molecule has 0 aromatic rings. The molecule has 1 N–H and O–H groups in total. The van der Waals surface area contributed by atoms with Crippen molar-refractivity contribution in [1.82, 2.24) is 13.9 Å². The van der Waals surface area contributed by atoms with Crippen molar-refractivity contribution in [1.29, 1.82) is 0 Å². The molecule has 18 heteroatoms. The topological polar surface area (TPSA) is 86.8 Å². The van der Waals surface area contributed by atoms with Gasteiger partial charge in [-0.15, -0.1) is 4.72 Å². The molecule has 1 fully saturated rings. The Hall–Kier alpha value is -0.850. The van der Waals surface area contributed by atoms with Crippen molar-refractivity contribution in [3.8, 4) is 0 Å². The number of hydrogen-bond donors (Lipinski definition) is 1. The summed E-state index contributed by atoms with van der Waals surface area (Å²) in [6, 6.07) is 0.